The number of hydrogen-bond acceptors (Lipinski definition) is 3. The molecule has 0 saturated heterocycles. The van der Waals surface area contributed by atoms with Crippen LogP contribution < -0.4 is 16.5 Å². The van der Waals surface area contributed by atoms with Gasteiger partial charge in [0, 0.05) is 18.4 Å². The molecule has 1 N–H and O–H groups in total. The first-order valence-corrected chi connectivity index (χ1v) is 10.2. The van der Waals surface area contributed by atoms with Crippen molar-refractivity contribution in [3.8, 4) is 5.69 Å². The lowest BCUT2D eigenvalue weighted by molar-refractivity contribution is 0.475. The highest BCUT2D eigenvalue weighted by Crippen LogP contribution is 2.21. The van der Waals surface area contributed by atoms with Gasteiger partial charge in [-0.15, -0.1) is 0 Å². The molecule has 6 nitrogen and oxygen atoms in total. The van der Waals surface area contributed by atoms with Gasteiger partial charge in [-0.1, -0.05) is 18.2 Å². The number of H-pyrrole nitrogens is 1. The van der Waals surface area contributed by atoms with Gasteiger partial charge >= 0.3 is 0 Å². The molecule has 0 unspecified atom stereocenters. The Hall–Kier alpha value is -3.74. The minimum absolute atomic E-state index is 0.125. The second-order valence-corrected chi connectivity index (χ2v) is 7.89. The van der Waals surface area contributed by atoms with Crippen LogP contribution in [-0.4, -0.2) is 25.6 Å². The van der Waals surface area contributed by atoms with Crippen LogP contribution in [0, 0.1) is 19.7 Å². The summed E-state index contributed by atoms with van der Waals surface area (Å²) < 4.78 is 17.0. The molecule has 5 rings (SSSR count). The van der Waals surface area contributed by atoms with Crippen LogP contribution in [0.15, 0.2) is 64.8 Å². The van der Waals surface area contributed by atoms with Crippen molar-refractivity contribution in [1.82, 2.24) is 19.1 Å². The Kier molecular flexibility index (Phi) is 4.66. The third-order valence-corrected chi connectivity index (χ3v) is 5.68. The van der Waals surface area contributed by atoms with Crippen LogP contribution in [0.3, 0.4) is 0 Å². The second kappa shape index (κ2) is 7.50. The fourth-order valence-electron chi connectivity index (χ4n) is 4.16. The smallest absolute Gasteiger partial charge is 0.277 e. The molecule has 0 bridgehead atoms. The number of halogens is 1. The van der Waals surface area contributed by atoms with Crippen LogP contribution in [0.1, 0.15) is 34.8 Å². The summed E-state index contributed by atoms with van der Waals surface area (Å²) in [5, 5.41) is 0.485. The molecule has 0 spiro atoms. The van der Waals surface area contributed by atoms with Gasteiger partial charge in [0.25, 0.3) is 5.56 Å². The molecule has 1 atom stereocenters. The van der Waals surface area contributed by atoms with Crippen LogP contribution in [-0.2, 0) is 0 Å². The molecule has 0 radical (unpaired) electrons. The molecule has 2 aromatic carbocycles. The number of nitrogens with zero attached hydrogens (tertiary/aromatic N) is 4. The molecule has 2 aromatic heterocycles. The number of aromatic nitrogens is 4. The lowest BCUT2D eigenvalue weighted by Gasteiger charge is -2.20. The topological polar surface area (TPSA) is 68.0 Å². The minimum Gasteiger partial charge on any atom is -0.321 e. The van der Waals surface area contributed by atoms with E-state index in [1.165, 1.54) is 12.1 Å². The fourth-order valence-corrected chi connectivity index (χ4v) is 4.16. The Morgan fingerprint density at radius 1 is 1.16 bits per heavy atom. The maximum absolute atomic E-state index is 13.3. The number of aryl methyl sites for hydroxylation is 2. The molecule has 31 heavy (non-hydrogen) atoms. The Balaban J connectivity index is 1.56. The summed E-state index contributed by atoms with van der Waals surface area (Å²) >= 11 is 0. The van der Waals surface area contributed by atoms with Crippen molar-refractivity contribution in [2.75, 3.05) is 6.54 Å². The predicted octanol–water partition coefficient (Wildman–Crippen LogP) is 2.56. The quantitative estimate of drug-likeness (QED) is 0.559. The van der Waals surface area contributed by atoms with Crippen LogP contribution in [0.25, 0.3) is 11.8 Å². The molecule has 3 heterocycles. The Labute approximate surface area is 178 Å². The van der Waals surface area contributed by atoms with Crippen molar-refractivity contribution >= 4 is 6.08 Å². The van der Waals surface area contributed by atoms with Crippen LogP contribution in [0.2, 0.25) is 0 Å². The van der Waals surface area contributed by atoms with E-state index >= 15 is 0 Å². The first-order valence-electron chi connectivity index (χ1n) is 10.2. The van der Waals surface area contributed by atoms with E-state index in [9.17, 15) is 9.18 Å². The maximum Gasteiger partial charge on any atom is 0.277 e. The molecule has 0 fully saturated rings. The van der Waals surface area contributed by atoms with Gasteiger partial charge < -0.3 is 9.55 Å². The largest absolute Gasteiger partial charge is 0.321 e. The molecule has 0 aliphatic carbocycles. The van der Waals surface area contributed by atoms with E-state index in [4.69, 9.17) is 0 Å². The van der Waals surface area contributed by atoms with Crippen molar-refractivity contribution in [2.24, 2.45) is 4.99 Å². The van der Waals surface area contributed by atoms with Gasteiger partial charge in [0.1, 0.15) is 11.2 Å². The van der Waals surface area contributed by atoms with Crippen molar-refractivity contribution in [1.29, 1.82) is 0 Å². The molecule has 1 aliphatic rings. The Bertz CT molecular complexity index is 1440. The summed E-state index contributed by atoms with van der Waals surface area (Å²) in [6, 6.07) is 12.2. The van der Waals surface area contributed by atoms with E-state index in [0.29, 0.717) is 23.9 Å². The number of fused-ring (bicyclic) bond motifs is 1. The SMILES string of the molecule is Cc1cn(-c2ccc(/C=c3\[nH]c4n(c3=O)[C@H](c3ccc(F)cc3)CCN=4)cc2C)cn1. The van der Waals surface area contributed by atoms with E-state index in [2.05, 4.69) is 15.0 Å². The normalized spacial score (nSPS) is 16.2. The molecule has 7 heteroatoms. The summed E-state index contributed by atoms with van der Waals surface area (Å²) in [4.78, 5) is 25.1. The zero-order chi connectivity index (χ0) is 21.5. The van der Waals surface area contributed by atoms with Gasteiger partial charge in [0.2, 0.25) is 5.62 Å². The van der Waals surface area contributed by atoms with Gasteiger partial charge in [-0.2, -0.15) is 0 Å². The predicted molar refractivity (Wildman–Crippen MR) is 116 cm³/mol. The Morgan fingerprint density at radius 2 is 1.97 bits per heavy atom. The molecular weight excluding hydrogens is 393 g/mol. The van der Waals surface area contributed by atoms with E-state index < -0.39 is 0 Å². The van der Waals surface area contributed by atoms with Crippen molar-refractivity contribution in [2.45, 2.75) is 26.3 Å². The van der Waals surface area contributed by atoms with Crippen molar-refractivity contribution in [3.05, 3.63) is 105 Å². The van der Waals surface area contributed by atoms with Crippen LogP contribution in [0.4, 0.5) is 4.39 Å². The van der Waals surface area contributed by atoms with Crippen molar-refractivity contribution < 1.29 is 4.39 Å². The Morgan fingerprint density at radius 3 is 2.68 bits per heavy atom. The average molecular weight is 415 g/mol. The summed E-state index contributed by atoms with van der Waals surface area (Å²) in [5.74, 6) is -0.287. The summed E-state index contributed by atoms with van der Waals surface area (Å²) in [6.45, 7) is 4.60. The monoisotopic (exact) mass is 415 g/mol. The average Bonchev–Trinajstić information content (AvgIpc) is 3.32. The first-order chi connectivity index (χ1) is 15.0. The number of hydrogen-bond donors (Lipinski definition) is 1. The van der Waals surface area contributed by atoms with Gasteiger partial charge in [0.05, 0.1) is 18.1 Å². The molecular formula is C24H22FN5O. The number of benzene rings is 2. The lowest BCUT2D eigenvalue weighted by Crippen LogP contribution is -2.37. The van der Waals surface area contributed by atoms with E-state index in [0.717, 1.165) is 28.1 Å². The number of rotatable bonds is 3. The molecule has 156 valence electrons. The number of nitrogens with one attached hydrogen (secondary N) is 1. The fraction of sp³-hybridized carbons (Fsp3) is 0.208. The zero-order valence-corrected chi connectivity index (χ0v) is 17.3. The van der Waals surface area contributed by atoms with Crippen molar-refractivity contribution in [3.63, 3.8) is 0 Å². The summed E-state index contributed by atoms with van der Waals surface area (Å²) in [6.07, 6.45) is 6.33. The number of aromatic amines is 1. The van der Waals surface area contributed by atoms with Crippen LogP contribution in [0.5, 0.6) is 0 Å². The van der Waals surface area contributed by atoms with Gasteiger partial charge in [-0.05, 0) is 67.3 Å². The molecule has 1 aliphatic heterocycles. The number of imidazole rings is 2. The van der Waals surface area contributed by atoms with Gasteiger partial charge in [-0.25, -0.2) is 9.37 Å². The van der Waals surface area contributed by atoms with E-state index in [1.807, 2.05) is 48.9 Å². The van der Waals surface area contributed by atoms with Gasteiger partial charge in [0.15, 0.2) is 0 Å². The lowest BCUT2D eigenvalue weighted by atomic mass is 10.0. The first kappa shape index (κ1) is 19.2. The standard InChI is InChI=1S/C24H22FN5O/c1-15-11-17(3-8-21(15)29-13-16(2)27-14-29)12-20-23(31)30-22(9-10-26-24(30)28-20)18-4-6-19(25)7-5-18/h3-8,11-14,22H,9-10H2,1-2H3,(H,26,28)/b20-12-/t22-/m0/s1. The maximum atomic E-state index is 13.3. The highest BCUT2D eigenvalue weighted by molar-refractivity contribution is 5.54. The van der Waals surface area contributed by atoms with E-state index in [-0.39, 0.29) is 17.4 Å². The summed E-state index contributed by atoms with van der Waals surface area (Å²) in [5.41, 5.74) is 5.34. The third-order valence-electron chi connectivity index (χ3n) is 5.68. The molecule has 0 saturated carbocycles. The zero-order valence-electron chi connectivity index (χ0n) is 17.3. The van der Waals surface area contributed by atoms with E-state index in [1.54, 1.807) is 23.0 Å². The minimum atomic E-state index is -0.287. The molecule has 4 aromatic rings. The van der Waals surface area contributed by atoms with Gasteiger partial charge in [-0.3, -0.25) is 14.4 Å². The van der Waals surface area contributed by atoms with Crippen LogP contribution >= 0.6 is 0 Å². The second-order valence-electron chi connectivity index (χ2n) is 7.89. The highest BCUT2D eigenvalue weighted by Gasteiger charge is 2.21. The summed E-state index contributed by atoms with van der Waals surface area (Å²) in [7, 11) is 0. The molecule has 0 amide bonds. The third kappa shape index (κ3) is 3.52. The highest BCUT2D eigenvalue weighted by atomic mass is 19.1.